The van der Waals surface area contributed by atoms with Gasteiger partial charge in [0, 0.05) is 18.2 Å². The number of carbonyl (C=O) groups is 2. The highest BCUT2D eigenvalue weighted by molar-refractivity contribution is 7.91. The minimum absolute atomic E-state index is 0.180. The highest BCUT2D eigenvalue weighted by atomic mass is 32.2. The van der Waals surface area contributed by atoms with Gasteiger partial charge in [-0.25, -0.2) is 13.4 Å². The van der Waals surface area contributed by atoms with E-state index in [1.807, 2.05) is 0 Å². The number of sulfone groups is 1. The molecule has 2 aromatic rings. The van der Waals surface area contributed by atoms with Crippen LogP contribution in [0.15, 0.2) is 29.2 Å². The van der Waals surface area contributed by atoms with E-state index in [1.54, 1.807) is 5.32 Å². The van der Waals surface area contributed by atoms with Crippen LogP contribution in [0.4, 0.5) is 19.1 Å². The number of aromatic nitrogens is 3. The average molecular weight is 457 g/mol. The molecule has 0 fully saturated rings. The first-order valence-corrected chi connectivity index (χ1v) is 9.99. The van der Waals surface area contributed by atoms with Gasteiger partial charge in [-0.3, -0.25) is 14.9 Å². The molecule has 0 bridgehead atoms. The Morgan fingerprint density at radius 3 is 2.26 bits per heavy atom. The lowest BCUT2D eigenvalue weighted by molar-refractivity contribution is -0.140. The van der Waals surface area contributed by atoms with Gasteiger partial charge in [0.25, 0.3) is 11.8 Å². The molecule has 1 aromatic heterocycles. The van der Waals surface area contributed by atoms with Crippen molar-refractivity contribution < 1.29 is 36.3 Å². The number of alkyl halides is 3. The van der Waals surface area contributed by atoms with Crippen LogP contribution in [0.5, 0.6) is 0 Å². The Bertz CT molecular complexity index is 1110. The molecule has 1 atom stereocenters. The third kappa shape index (κ3) is 5.76. The topological polar surface area (TPSA) is 151 Å². The molecular weight excluding hydrogens is 442 g/mol. The van der Waals surface area contributed by atoms with E-state index in [2.05, 4.69) is 20.5 Å². The summed E-state index contributed by atoms with van der Waals surface area (Å²) in [6, 6.07) is 4.67. The van der Waals surface area contributed by atoms with E-state index in [1.165, 1.54) is 19.2 Å². The molecule has 0 aliphatic heterocycles. The highest BCUT2D eigenvalue weighted by Crippen LogP contribution is 2.26. The van der Waals surface area contributed by atoms with Gasteiger partial charge in [-0.15, -0.1) is 5.10 Å². The summed E-state index contributed by atoms with van der Waals surface area (Å²) in [7, 11) is 2.20. The standard InChI is InChI=1S/C16H15BF3N5O5S/c1-15(28,7-31(29,30)9-5-3-8(4-6-9)12(26)21-2)13(27)23-14-22-10(16(18,19)20)11(17)24-25-14/h3-6,28H,7H2,1-2H3,(H,21,26)(H,22,23,25,27)/t15-/m0/s1. The van der Waals surface area contributed by atoms with Gasteiger partial charge in [0.2, 0.25) is 5.95 Å². The van der Waals surface area contributed by atoms with E-state index >= 15 is 0 Å². The number of aliphatic hydroxyl groups is 1. The minimum Gasteiger partial charge on any atom is -0.379 e. The molecule has 1 heterocycles. The Kier molecular flexibility index (Phi) is 6.70. The third-order valence-electron chi connectivity index (χ3n) is 3.87. The molecular formula is C16H15BF3N5O5S. The molecule has 0 saturated heterocycles. The Labute approximate surface area is 175 Å². The fourth-order valence-electron chi connectivity index (χ4n) is 2.31. The molecule has 2 amide bonds. The quantitative estimate of drug-likeness (QED) is 0.478. The van der Waals surface area contributed by atoms with E-state index in [4.69, 9.17) is 7.85 Å². The number of nitrogens with one attached hydrogen (secondary N) is 2. The predicted molar refractivity (Wildman–Crippen MR) is 101 cm³/mol. The maximum Gasteiger partial charge on any atom is 0.434 e. The van der Waals surface area contributed by atoms with Crippen molar-refractivity contribution in [2.24, 2.45) is 0 Å². The van der Waals surface area contributed by atoms with Crippen molar-refractivity contribution >= 4 is 41.0 Å². The van der Waals surface area contributed by atoms with Gasteiger partial charge in [-0.05, 0) is 31.2 Å². The summed E-state index contributed by atoms with van der Waals surface area (Å²) < 4.78 is 63.6. The molecule has 0 aliphatic rings. The van der Waals surface area contributed by atoms with Crippen molar-refractivity contribution in [1.29, 1.82) is 0 Å². The zero-order valence-corrected chi connectivity index (χ0v) is 16.9. The van der Waals surface area contributed by atoms with Gasteiger partial charge in [0.15, 0.2) is 21.1 Å². The van der Waals surface area contributed by atoms with Gasteiger partial charge in [-0.2, -0.15) is 18.3 Å². The molecule has 0 saturated carbocycles. The number of rotatable bonds is 6. The molecule has 164 valence electrons. The van der Waals surface area contributed by atoms with E-state index in [-0.39, 0.29) is 10.5 Å². The number of benzene rings is 1. The van der Waals surface area contributed by atoms with Gasteiger partial charge in [0.1, 0.15) is 7.85 Å². The monoisotopic (exact) mass is 457 g/mol. The number of halogens is 3. The second-order valence-electron chi connectivity index (χ2n) is 6.46. The predicted octanol–water partition coefficient (Wildman–Crippen LogP) is -0.793. The molecule has 10 nitrogen and oxygen atoms in total. The van der Waals surface area contributed by atoms with Crippen LogP contribution in [-0.4, -0.2) is 66.8 Å². The first kappa shape index (κ1) is 24.2. The van der Waals surface area contributed by atoms with E-state index < -0.39 is 56.4 Å². The van der Waals surface area contributed by atoms with Crippen molar-refractivity contribution in [2.75, 3.05) is 18.1 Å². The summed E-state index contributed by atoms with van der Waals surface area (Å²) in [6.45, 7) is 0.841. The van der Waals surface area contributed by atoms with Crippen LogP contribution < -0.4 is 16.2 Å². The zero-order chi connectivity index (χ0) is 23.6. The molecule has 15 heteroatoms. The number of amides is 2. The van der Waals surface area contributed by atoms with E-state index in [0.29, 0.717) is 0 Å². The van der Waals surface area contributed by atoms with E-state index in [0.717, 1.165) is 19.1 Å². The summed E-state index contributed by atoms with van der Waals surface area (Å²) in [4.78, 5) is 26.5. The maximum atomic E-state index is 12.8. The van der Waals surface area contributed by atoms with E-state index in [9.17, 15) is 36.3 Å². The normalized spacial score (nSPS) is 13.9. The lowest BCUT2D eigenvalue weighted by Crippen LogP contribution is -2.46. The smallest absolute Gasteiger partial charge is 0.379 e. The second kappa shape index (κ2) is 8.59. The Hall–Kier alpha value is -3.07. The van der Waals surface area contributed by atoms with Crippen LogP contribution in [-0.2, 0) is 20.8 Å². The van der Waals surface area contributed by atoms with Crippen LogP contribution in [0, 0.1) is 0 Å². The fourth-order valence-corrected chi connectivity index (χ4v) is 3.90. The fraction of sp³-hybridized carbons (Fsp3) is 0.312. The van der Waals surface area contributed by atoms with Crippen LogP contribution in [0.3, 0.4) is 0 Å². The maximum absolute atomic E-state index is 12.8. The van der Waals surface area contributed by atoms with Crippen LogP contribution in [0.25, 0.3) is 0 Å². The number of anilines is 1. The van der Waals surface area contributed by atoms with Crippen LogP contribution >= 0.6 is 0 Å². The average Bonchev–Trinajstić information content (AvgIpc) is 2.67. The summed E-state index contributed by atoms with van der Waals surface area (Å²) in [6.07, 6.45) is -4.98. The van der Waals surface area contributed by atoms with Crippen molar-refractivity contribution in [3.05, 3.63) is 35.5 Å². The number of carbonyl (C=O) groups excluding carboxylic acids is 2. The van der Waals surface area contributed by atoms with Crippen molar-refractivity contribution in [1.82, 2.24) is 20.5 Å². The molecule has 0 spiro atoms. The summed E-state index contributed by atoms with van der Waals surface area (Å²) in [5, 5.41) is 20.7. The molecule has 2 rings (SSSR count). The Balaban J connectivity index is 2.21. The largest absolute Gasteiger partial charge is 0.434 e. The number of hydrogen-bond acceptors (Lipinski definition) is 8. The molecule has 2 radical (unpaired) electrons. The van der Waals surface area contributed by atoms with Gasteiger partial charge in [0.05, 0.1) is 10.6 Å². The van der Waals surface area contributed by atoms with Crippen molar-refractivity contribution in [2.45, 2.75) is 23.6 Å². The van der Waals surface area contributed by atoms with Gasteiger partial charge in [-0.1, -0.05) is 0 Å². The molecule has 0 aliphatic carbocycles. The highest BCUT2D eigenvalue weighted by Gasteiger charge is 2.39. The van der Waals surface area contributed by atoms with Crippen LogP contribution in [0.1, 0.15) is 23.0 Å². The summed E-state index contributed by atoms with van der Waals surface area (Å²) in [5.74, 6) is -3.90. The molecule has 1 aromatic carbocycles. The van der Waals surface area contributed by atoms with Crippen molar-refractivity contribution in [3.63, 3.8) is 0 Å². The number of hydrogen-bond donors (Lipinski definition) is 3. The molecule has 3 N–H and O–H groups in total. The first-order chi connectivity index (χ1) is 14.2. The summed E-state index contributed by atoms with van der Waals surface area (Å²) in [5.41, 5.74) is -5.04. The second-order valence-corrected chi connectivity index (χ2v) is 8.45. The Morgan fingerprint density at radius 1 is 1.16 bits per heavy atom. The van der Waals surface area contributed by atoms with Gasteiger partial charge >= 0.3 is 6.18 Å². The van der Waals surface area contributed by atoms with Gasteiger partial charge < -0.3 is 10.4 Å². The lowest BCUT2D eigenvalue weighted by atomic mass is 10.0. The molecule has 0 unspecified atom stereocenters. The number of nitrogens with zero attached hydrogens (tertiary/aromatic N) is 3. The third-order valence-corrected chi connectivity index (χ3v) is 5.80. The van der Waals surface area contributed by atoms with Crippen LogP contribution in [0.2, 0.25) is 0 Å². The van der Waals surface area contributed by atoms with Crippen molar-refractivity contribution in [3.8, 4) is 0 Å². The summed E-state index contributed by atoms with van der Waals surface area (Å²) >= 11 is 0. The lowest BCUT2D eigenvalue weighted by Gasteiger charge is -2.22. The molecule has 31 heavy (non-hydrogen) atoms. The SMILES string of the molecule is [B]c1nnc(NC(=O)[C@@](C)(O)CS(=O)(=O)c2ccc(C(=O)NC)cc2)nc1C(F)(F)F. The minimum atomic E-state index is -4.98. The first-order valence-electron chi connectivity index (χ1n) is 8.33. The Morgan fingerprint density at radius 2 is 1.74 bits per heavy atom. The zero-order valence-electron chi connectivity index (χ0n) is 16.1.